The van der Waals surface area contributed by atoms with Gasteiger partial charge in [0.2, 0.25) is 5.89 Å². The van der Waals surface area contributed by atoms with Crippen molar-refractivity contribution < 1.29 is 4.52 Å². The average Bonchev–Trinajstić information content (AvgIpc) is 3.12. The van der Waals surface area contributed by atoms with Crippen LogP contribution in [0.1, 0.15) is 38.0 Å². The molecule has 3 saturated carbocycles. The fourth-order valence-corrected chi connectivity index (χ4v) is 4.97. The van der Waals surface area contributed by atoms with Crippen LogP contribution in [0.5, 0.6) is 0 Å². The number of fused-ring (bicyclic) bond motifs is 5. The molecule has 1 heterocycles. The Morgan fingerprint density at radius 3 is 3.06 bits per heavy atom. The summed E-state index contributed by atoms with van der Waals surface area (Å²) < 4.78 is 5.03. The van der Waals surface area contributed by atoms with Crippen molar-refractivity contribution in [2.75, 3.05) is 6.54 Å². The first-order valence-corrected chi connectivity index (χ1v) is 7.41. The second kappa shape index (κ2) is 4.34. The van der Waals surface area contributed by atoms with Crippen LogP contribution < -0.4 is 5.32 Å². The van der Waals surface area contributed by atoms with E-state index in [1.54, 1.807) is 0 Å². The van der Waals surface area contributed by atoms with Crippen molar-refractivity contribution in [1.29, 1.82) is 0 Å². The fourth-order valence-electron chi connectivity index (χ4n) is 4.97. The van der Waals surface area contributed by atoms with E-state index in [9.17, 15) is 0 Å². The lowest BCUT2D eigenvalue weighted by Gasteiger charge is -2.32. The van der Waals surface area contributed by atoms with Crippen LogP contribution in [0.4, 0.5) is 0 Å². The molecule has 3 fully saturated rings. The van der Waals surface area contributed by atoms with Crippen LogP contribution in [0, 0.1) is 23.7 Å². The van der Waals surface area contributed by atoms with Crippen molar-refractivity contribution in [3.8, 4) is 0 Å². The van der Waals surface area contributed by atoms with Gasteiger partial charge < -0.3 is 9.84 Å². The first-order chi connectivity index (χ1) is 8.92. The largest absolute Gasteiger partial charge is 0.340 e. The Kier molecular flexibility index (Phi) is 2.64. The molecule has 2 bridgehead atoms. The lowest BCUT2D eigenvalue weighted by molar-refractivity contribution is 0.208. The van der Waals surface area contributed by atoms with E-state index in [0.29, 0.717) is 0 Å². The molecule has 1 N–H and O–H groups in total. The number of rotatable bonds is 4. The van der Waals surface area contributed by atoms with Gasteiger partial charge in [-0.05, 0) is 49.4 Å². The molecule has 98 valence electrons. The molecule has 0 spiro atoms. The SMILES string of the molecule is c1noc(CCNC2CC3CC2C2CCCC32)n1. The lowest BCUT2D eigenvalue weighted by atomic mass is 9.79. The molecule has 0 aliphatic heterocycles. The maximum Gasteiger partial charge on any atom is 0.227 e. The molecule has 1 aromatic heterocycles. The second-order valence-electron chi connectivity index (χ2n) is 6.30. The summed E-state index contributed by atoms with van der Waals surface area (Å²) in [6.45, 7) is 0.980. The molecule has 1 aromatic rings. The maximum absolute atomic E-state index is 5.03. The van der Waals surface area contributed by atoms with E-state index in [-0.39, 0.29) is 0 Å². The summed E-state index contributed by atoms with van der Waals surface area (Å²) >= 11 is 0. The minimum Gasteiger partial charge on any atom is -0.340 e. The van der Waals surface area contributed by atoms with Crippen LogP contribution in [0.15, 0.2) is 10.9 Å². The summed E-state index contributed by atoms with van der Waals surface area (Å²) in [5.41, 5.74) is 0. The highest BCUT2D eigenvalue weighted by atomic mass is 16.5. The highest BCUT2D eigenvalue weighted by molar-refractivity contribution is 5.05. The molecular weight excluding hydrogens is 226 g/mol. The third-order valence-corrected chi connectivity index (χ3v) is 5.58. The van der Waals surface area contributed by atoms with Crippen LogP contribution in [-0.4, -0.2) is 22.7 Å². The molecule has 0 saturated heterocycles. The molecule has 0 aromatic carbocycles. The minimum absolute atomic E-state index is 0.754. The van der Waals surface area contributed by atoms with E-state index in [1.807, 2.05) is 0 Å². The molecule has 0 amide bonds. The highest BCUT2D eigenvalue weighted by Gasteiger charge is 2.53. The first-order valence-electron chi connectivity index (χ1n) is 7.41. The second-order valence-corrected chi connectivity index (χ2v) is 6.30. The zero-order chi connectivity index (χ0) is 11.9. The van der Waals surface area contributed by atoms with Crippen molar-refractivity contribution in [2.24, 2.45) is 23.7 Å². The third-order valence-electron chi connectivity index (χ3n) is 5.58. The van der Waals surface area contributed by atoms with Gasteiger partial charge in [0, 0.05) is 19.0 Å². The van der Waals surface area contributed by atoms with E-state index in [0.717, 1.165) is 48.6 Å². The van der Waals surface area contributed by atoms with E-state index in [1.165, 1.54) is 38.4 Å². The zero-order valence-electron chi connectivity index (χ0n) is 10.7. The summed E-state index contributed by atoms with van der Waals surface area (Å²) in [7, 11) is 0. The molecule has 3 aliphatic rings. The monoisotopic (exact) mass is 247 g/mol. The van der Waals surface area contributed by atoms with Gasteiger partial charge in [-0.1, -0.05) is 11.6 Å². The predicted molar refractivity (Wildman–Crippen MR) is 66.8 cm³/mol. The summed E-state index contributed by atoms with van der Waals surface area (Å²) in [4.78, 5) is 4.06. The van der Waals surface area contributed by atoms with Gasteiger partial charge in [0.15, 0.2) is 6.33 Å². The molecule has 18 heavy (non-hydrogen) atoms. The van der Waals surface area contributed by atoms with Crippen molar-refractivity contribution in [2.45, 2.75) is 44.6 Å². The standard InChI is InChI=1S/C14H21N3O/c1-2-10-9-6-12(11(10)3-1)13(7-9)15-5-4-14-16-8-17-18-14/h8-13,15H,1-7H2. The summed E-state index contributed by atoms with van der Waals surface area (Å²) in [5.74, 6) is 4.88. The normalized spacial score (nSPS) is 41.4. The van der Waals surface area contributed by atoms with Crippen LogP contribution in [0.2, 0.25) is 0 Å². The Hall–Kier alpha value is -0.900. The van der Waals surface area contributed by atoms with Gasteiger partial charge in [0.05, 0.1) is 0 Å². The number of aromatic nitrogens is 2. The predicted octanol–water partition coefficient (Wildman–Crippen LogP) is 2.03. The molecule has 4 nitrogen and oxygen atoms in total. The molecular formula is C14H21N3O. The van der Waals surface area contributed by atoms with Crippen molar-refractivity contribution in [3.05, 3.63) is 12.2 Å². The molecule has 0 radical (unpaired) electrons. The first kappa shape index (κ1) is 11.0. The van der Waals surface area contributed by atoms with Crippen LogP contribution >= 0.6 is 0 Å². The smallest absolute Gasteiger partial charge is 0.227 e. The van der Waals surface area contributed by atoms with Gasteiger partial charge >= 0.3 is 0 Å². The maximum atomic E-state index is 5.03. The summed E-state index contributed by atoms with van der Waals surface area (Å²) in [5, 5.41) is 7.38. The number of hydrogen-bond acceptors (Lipinski definition) is 4. The van der Waals surface area contributed by atoms with Gasteiger partial charge in [-0.15, -0.1) is 0 Å². The molecule has 5 atom stereocenters. The Morgan fingerprint density at radius 2 is 2.17 bits per heavy atom. The zero-order valence-corrected chi connectivity index (χ0v) is 10.7. The average molecular weight is 247 g/mol. The molecule has 3 aliphatic carbocycles. The van der Waals surface area contributed by atoms with Crippen LogP contribution in [0.3, 0.4) is 0 Å². The Morgan fingerprint density at radius 1 is 1.22 bits per heavy atom. The molecule has 5 unspecified atom stereocenters. The Balaban J connectivity index is 1.32. The Labute approximate surface area is 108 Å². The van der Waals surface area contributed by atoms with E-state index < -0.39 is 0 Å². The van der Waals surface area contributed by atoms with Crippen molar-refractivity contribution in [1.82, 2.24) is 15.5 Å². The topological polar surface area (TPSA) is 51.0 Å². The van der Waals surface area contributed by atoms with Gasteiger partial charge in [0.25, 0.3) is 0 Å². The quantitative estimate of drug-likeness (QED) is 0.884. The number of nitrogens with zero attached hydrogens (tertiary/aromatic N) is 2. The summed E-state index contributed by atoms with van der Waals surface area (Å²) in [6, 6.07) is 0.761. The van der Waals surface area contributed by atoms with Crippen molar-refractivity contribution in [3.63, 3.8) is 0 Å². The van der Waals surface area contributed by atoms with E-state index in [4.69, 9.17) is 4.52 Å². The lowest BCUT2D eigenvalue weighted by Crippen LogP contribution is -2.40. The van der Waals surface area contributed by atoms with Gasteiger partial charge in [0.1, 0.15) is 0 Å². The number of nitrogens with one attached hydrogen (secondary N) is 1. The summed E-state index contributed by atoms with van der Waals surface area (Å²) in [6.07, 6.45) is 9.74. The number of hydrogen-bond donors (Lipinski definition) is 1. The van der Waals surface area contributed by atoms with E-state index >= 15 is 0 Å². The minimum atomic E-state index is 0.754. The molecule has 4 rings (SSSR count). The van der Waals surface area contributed by atoms with Crippen LogP contribution in [0.25, 0.3) is 0 Å². The van der Waals surface area contributed by atoms with Gasteiger partial charge in [-0.25, -0.2) is 0 Å². The van der Waals surface area contributed by atoms with Crippen molar-refractivity contribution >= 4 is 0 Å². The van der Waals surface area contributed by atoms with Crippen LogP contribution in [-0.2, 0) is 6.42 Å². The third kappa shape index (κ3) is 1.69. The molecule has 4 heteroatoms. The van der Waals surface area contributed by atoms with E-state index in [2.05, 4.69) is 15.5 Å². The highest BCUT2D eigenvalue weighted by Crippen LogP contribution is 2.58. The fraction of sp³-hybridized carbons (Fsp3) is 0.857. The Bertz CT molecular complexity index is 405. The van der Waals surface area contributed by atoms with Gasteiger partial charge in [-0.3, -0.25) is 0 Å². The van der Waals surface area contributed by atoms with Gasteiger partial charge in [-0.2, -0.15) is 4.98 Å².